The molecule has 0 aliphatic carbocycles. The van der Waals surface area contributed by atoms with E-state index in [0.717, 1.165) is 13.1 Å². The third kappa shape index (κ3) is 2.47. The summed E-state index contributed by atoms with van der Waals surface area (Å²) in [5, 5.41) is 2.19. The minimum Gasteiger partial charge on any atom is -0.329 e. The second kappa shape index (κ2) is 5.30. The first kappa shape index (κ1) is 12.1. The van der Waals surface area contributed by atoms with Crippen molar-refractivity contribution in [3.8, 4) is 0 Å². The molecule has 0 spiro atoms. The van der Waals surface area contributed by atoms with E-state index >= 15 is 0 Å². The highest BCUT2D eigenvalue weighted by Crippen LogP contribution is 2.27. The van der Waals surface area contributed by atoms with E-state index in [4.69, 9.17) is 5.73 Å². The van der Waals surface area contributed by atoms with Gasteiger partial charge in [-0.1, -0.05) is 6.42 Å². The molecule has 1 saturated heterocycles. The molecule has 0 radical (unpaired) electrons. The molecule has 2 atom stereocenters. The van der Waals surface area contributed by atoms with Crippen LogP contribution in [0.15, 0.2) is 11.4 Å². The topological polar surface area (TPSA) is 29.3 Å². The molecule has 1 aliphatic rings. The summed E-state index contributed by atoms with van der Waals surface area (Å²) in [4.78, 5) is 4.11. The molecule has 2 rings (SSSR count). The van der Waals surface area contributed by atoms with Crippen molar-refractivity contribution in [3.05, 3.63) is 21.9 Å². The van der Waals surface area contributed by atoms with Crippen LogP contribution in [0.5, 0.6) is 0 Å². The second-order valence-corrected chi connectivity index (χ2v) is 5.87. The first-order valence-electron chi connectivity index (χ1n) is 6.21. The van der Waals surface area contributed by atoms with E-state index < -0.39 is 0 Å². The Morgan fingerprint density at radius 1 is 1.50 bits per heavy atom. The first-order chi connectivity index (χ1) is 7.72. The van der Waals surface area contributed by atoms with Crippen molar-refractivity contribution < 1.29 is 0 Å². The van der Waals surface area contributed by atoms with Gasteiger partial charge in [-0.2, -0.15) is 0 Å². The van der Waals surface area contributed by atoms with Gasteiger partial charge in [0.05, 0.1) is 0 Å². The van der Waals surface area contributed by atoms with Crippen molar-refractivity contribution in [2.45, 2.75) is 51.7 Å². The summed E-state index contributed by atoms with van der Waals surface area (Å²) >= 11 is 1.88. The number of nitrogens with two attached hydrogens (primary N) is 1. The summed E-state index contributed by atoms with van der Waals surface area (Å²) in [7, 11) is 0. The Labute approximate surface area is 102 Å². The summed E-state index contributed by atoms with van der Waals surface area (Å²) in [5.74, 6) is 0. The molecule has 2 unspecified atom stereocenters. The quantitative estimate of drug-likeness (QED) is 0.877. The average molecular weight is 238 g/mol. The van der Waals surface area contributed by atoms with Crippen LogP contribution in [-0.2, 0) is 6.54 Å². The second-order valence-electron chi connectivity index (χ2n) is 4.87. The molecule has 2 nitrogen and oxygen atoms in total. The molecule has 1 fully saturated rings. The van der Waals surface area contributed by atoms with Crippen LogP contribution in [-0.4, -0.2) is 23.5 Å². The highest BCUT2D eigenvalue weighted by atomic mass is 32.1. The molecule has 1 aromatic heterocycles. The minimum absolute atomic E-state index is 0.588. The van der Waals surface area contributed by atoms with Gasteiger partial charge >= 0.3 is 0 Å². The third-order valence-corrected chi connectivity index (χ3v) is 4.77. The van der Waals surface area contributed by atoms with E-state index in [-0.39, 0.29) is 0 Å². The summed E-state index contributed by atoms with van der Waals surface area (Å²) in [6, 6.07) is 3.49. The lowest BCUT2D eigenvalue weighted by Crippen LogP contribution is -2.48. The number of hydrogen-bond donors (Lipinski definition) is 1. The van der Waals surface area contributed by atoms with Crippen LogP contribution in [0.25, 0.3) is 0 Å². The third-order valence-electron chi connectivity index (χ3n) is 3.76. The summed E-state index contributed by atoms with van der Waals surface area (Å²) < 4.78 is 0. The van der Waals surface area contributed by atoms with Crippen molar-refractivity contribution in [3.63, 3.8) is 0 Å². The molecule has 2 N–H and O–H groups in total. The zero-order valence-corrected chi connectivity index (χ0v) is 11.1. The van der Waals surface area contributed by atoms with E-state index in [9.17, 15) is 0 Å². The Kier molecular flexibility index (Phi) is 4.00. The average Bonchev–Trinajstić information content (AvgIpc) is 2.67. The molecular formula is C13H22N2S. The molecule has 1 aromatic rings. The number of piperidine rings is 1. The van der Waals surface area contributed by atoms with Gasteiger partial charge in [-0.3, -0.25) is 4.90 Å². The van der Waals surface area contributed by atoms with Gasteiger partial charge in [0, 0.05) is 30.1 Å². The van der Waals surface area contributed by atoms with Crippen LogP contribution in [0.4, 0.5) is 0 Å². The number of nitrogens with zero attached hydrogens (tertiary/aromatic N) is 1. The Morgan fingerprint density at radius 2 is 2.31 bits per heavy atom. The summed E-state index contributed by atoms with van der Waals surface area (Å²) in [6.45, 7) is 6.43. The van der Waals surface area contributed by atoms with Gasteiger partial charge < -0.3 is 5.73 Å². The van der Waals surface area contributed by atoms with Crippen molar-refractivity contribution in [2.75, 3.05) is 6.54 Å². The monoisotopic (exact) mass is 238 g/mol. The van der Waals surface area contributed by atoms with E-state index in [2.05, 4.69) is 30.2 Å². The number of aryl methyl sites for hydroxylation is 1. The van der Waals surface area contributed by atoms with E-state index in [1.165, 1.54) is 29.7 Å². The minimum atomic E-state index is 0.588. The Balaban J connectivity index is 2.08. The predicted molar refractivity (Wildman–Crippen MR) is 70.8 cm³/mol. The van der Waals surface area contributed by atoms with Crippen LogP contribution >= 0.6 is 11.3 Å². The number of likely N-dealkylation sites (tertiary alicyclic amines) is 1. The zero-order valence-electron chi connectivity index (χ0n) is 10.3. The van der Waals surface area contributed by atoms with E-state index in [1.807, 2.05) is 11.3 Å². The van der Waals surface area contributed by atoms with E-state index in [1.54, 1.807) is 0 Å². The first-order valence-corrected chi connectivity index (χ1v) is 7.09. The molecule has 2 heterocycles. The Morgan fingerprint density at radius 3 is 2.94 bits per heavy atom. The van der Waals surface area contributed by atoms with Gasteiger partial charge in [0.25, 0.3) is 0 Å². The molecule has 0 bridgehead atoms. The smallest absolute Gasteiger partial charge is 0.0336 e. The van der Waals surface area contributed by atoms with Crippen LogP contribution in [0.3, 0.4) is 0 Å². The van der Waals surface area contributed by atoms with Crippen molar-refractivity contribution in [2.24, 2.45) is 5.73 Å². The lowest BCUT2D eigenvalue weighted by atomic mass is 9.96. The Hall–Kier alpha value is -0.380. The van der Waals surface area contributed by atoms with Crippen molar-refractivity contribution in [1.82, 2.24) is 4.90 Å². The molecule has 90 valence electrons. The molecule has 1 aliphatic heterocycles. The van der Waals surface area contributed by atoms with Gasteiger partial charge in [0.15, 0.2) is 0 Å². The fourth-order valence-electron chi connectivity index (χ4n) is 2.61. The molecule has 0 saturated carbocycles. The maximum atomic E-state index is 5.88. The molecule has 16 heavy (non-hydrogen) atoms. The predicted octanol–water partition coefficient (Wildman–Crippen LogP) is 2.76. The maximum absolute atomic E-state index is 5.88. The van der Waals surface area contributed by atoms with E-state index in [0.29, 0.717) is 12.1 Å². The lowest BCUT2D eigenvalue weighted by Gasteiger charge is -2.40. The highest BCUT2D eigenvalue weighted by Gasteiger charge is 2.27. The maximum Gasteiger partial charge on any atom is 0.0336 e. The van der Waals surface area contributed by atoms with Crippen LogP contribution in [0.1, 0.15) is 36.6 Å². The SMILES string of the molecule is Cc1ccsc1CN1C(C)CCCC1CN. The van der Waals surface area contributed by atoms with Crippen molar-refractivity contribution >= 4 is 11.3 Å². The lowest BCUT2D eigenvalue weighted by molar-refractivity contribution is 0.0902. The number of thiophene rings is 1. The van der Waals surface area contributed by atoms with Crippen LogP contribution in [0, 0.1) is 6.92 Å². The normalized spacial score (nSPS) is 27.2. The molecule has 0 aromatic carbocycles. The number of rotatable bonds is 3. The summed E-state index contributed by atoms with van der Waals surface area (Å²) in [5.41, 5.74) is 7.31. The highest BCUT2D eigenvalue weighted by molar-refractivity contribution is 7.10. The molecule has 0 amide bonds. The fourth-order valence-corrected chi connectivity index (χ4v) is 3.52. The standard InChI is InChI=1S/C13H22N2S/c1-10-6-7-16-13(10)9-15-11(2)4-3-5-12(15)8-14/h6-7,11-12H,3-5,8-9,14H2,1-2H3. The van der Waals surface area contributed by atoms with Gasteiger partial charge in [-0.25, -0.2) is 0 Å². The molecule has 3 heteroatoms. The number of hydrogen-bond acceptors (Lipinski definition) is 3. The van der Waals surface area contributed by atoms with Gasteiger partial charge in [-0.15, -0.1) is 11.3 Å². The summed E-state index contributed by atoms with van der Waals surface area (Å²) in [6.07, 6.45) is 3.93. The fraction of sp³-hybridized carbons (Fsp3) is 0.692. The Bertz CT molecular complexity index is 334. The largest absolute Gasteiger partial charge is 0.329 e. The van der Waals surface area contributed by atoms with Crippen LogP contribution in [0.2, 0.25) is 0 Å². The van der Waals surface area contributed by atoms with Crippen molar-refractivity contribution in [1.29, 1.82) is 0 Å². The van der Waals surface area contributed by atoms with Gasteiger partial charge in [0.1, 0.15) is 0 Å². The van der Waals surface area contributed by atoms with Gasteiger partial charge in [-0.05, 0) is 43.7 Å². The van der Waals surface area contributed by atoms with Gasteiger partial charge in [0.2, 0.25) is 0 Å². The van der Waals surface area contributed by atoms with Crippen LogP contribution < -0.4 is 5.73 Å². The zero-order chi connectivity index (χ0) is 11.5. The molecular weight excluding hydrogens is 216 g/mol.